The van der Waals surface area contributed by atoms with E-state index in [1.807, 2.05) is 11.0 Å². The van der Waals surface area contributed by atoms with Gasteiger partial charge < -0.3 is 14.8 Å². The minimum Gasteiger partial charge on any atom is -0.341 e. The number of amides is 1. The van der Waals surface area contributed by atoms with E-state index >= 15 is 0 Å². The summed E-state index contributed by atoms with van der Waals surface area (Å²) in [6.45, 7) is 1.86. The molecule has 0 atom stereocenters. The highest BCUT2D eigenvalue weighted by Gasteiger charge is 2.22. The third kappa shape index (κ3) is 3.55. The summed E-state index contributed by atoms with van der Waals surface area (Å²) in [5.74, 6) is 0.545. The highest BCUT2D eigenvalue weighted by Crippen LogP contribution is 2.21. The van der Waals surface area contributed by atoms with E-state index in [2.05, 4.69) is 19.9 Å². The van der Waals surface area contributed by atoms with Crippen LogP contribution in [-0.4, -0.2) is 50.9 Å². The number of hydrogen-bond acceptors (Lipinski definition) is 6. The fourth-order valence-corrected chi connectivity index (χ4v) is 3.44. The SMILES string of the molecule is CN(Cc1nc2ccccc2c(=O)[nH]1)C(=O)c1nc(N2CCCC2)ncc1Cl. The van der Waals surface area contributed by atoms with Crippen molar-refractivity contribution in [3.63, 3.8) is 0 Å². The predicted molar refractivity (Wildman–Crippen MR) is 107 cm³/mol. The highest BCUT2D eigenvalue weighted by atomic mass is 35.5. The normalized spacial score (nSPS) is 13.9. The number of halogens is 1. The number of nitrogens with one attached hydrogen (secondary N) is 1. The minimum atomic E-state index is -0.358. The first-order valence-corrected chi connectivity index (χ1v) is 9.41. The van der Waals surface area contributed by atoms with E-state index in [0.717, 1.165) is 25.9 Å². The molecule has 1 fully saturated rings. The Bertz CT molecular complexity index is 1090. The van der Waals surface area contributed by atoms with Gasteiger partial charge in [0.25, 0.3) is 11.5 Å². The summed E-state index contributed by atoms with van der Waals surface area (Å²) >= 11 is 6.18. The van der Waals surface area contributed by atoms with E-state index in [1.54, 1.807) is 25.2 Å². The summed E-state index contributed by atoms with van der Waals surface area (Å²) in [5.41, 5.74) is 0.487. The summed E-state index contributed by atoms with van der Waals surface area (Å²) in [4.78, 5) is 44.4. The van der Waals surface area contributed by atoms with Crippen LogP contribution >= 0.6 is 11.6 Å². The molecular formula is C19H19ClN6O2. The first-order chi connectivity index (χ1) is 13.5. The number of aromatic amines is 1. The molecule has 1 aliphatic heterocycles. The standard InChI is InChI=1S/C19H19ClN6O2/c1-25(11-15-22-14-7-3-2-6-12(14)17(27)23-15)18(28)16-13(20)10-21-19(24-16)26-8-4-5-9-26/h2-3,6-7,10H,4-5,8-9,11H2,1H3,(H,22,23,27). The molecule has 4 rings (SSSR count). The van der Waals surface area contributed by atoms with Crippen LogP contribution < -0.4 is 10.5 Å². The Morgan fingerprint density at radius 2 is 2.00 bits per heavy atom. The second-order valence-corrected chi connectivity index (χ2v) is 7.16. The van der Waals surface area contributed by atoms with Gasteiger partial charge in [-0.1, -0.05) is 23.7 Å². The van der Waals surface area contributed by atoms with Gasteiger partial charge >= 0.3 is 0 Å². The summed E-state index contributed by atoms with van der Waals surface area (Å²) in [7, 11) is 1.62. The molecule has 1 amide bonds. The van der Waals surface area contributed by atoms with Crippen molar-refractivity contribution in [2.24, 2.45) is 0 Å². The van der Waals surface area contributed by atoms with Gasteiger partial charge in [0.2, 0.25) is 5.95 Å². The van der Waals surface area contributed by atoms with Crippen molar-refractivity contribution in [1.29, 1.82) is 0 Å². The van der Waals surface area contributed by atoms with Crippen molar-refractivity contribution in [3.8, 4) is 0 Å². The van der Waals surface area contributed by atoms with Crippen LogP contribution in [0.4, 0.5) is 5.95 Å². The van der Waals surface area contributed by atoms with Crippen molar-refractivity contribution < 1.29 is 4.79 Å². The van der Waals surface area contributed by atoms with Crippen LogP contribution in [0.1, 0.15) is 29.2 Å². The maximum Gasteiger partial charge on any atom is 0.274 e. The summed E-state index contributed by atoms with van der Waals surface area (Å²) in [5, 5.41) is 0.703. The van der Waals surface area contributed by atoms with Gasteiger partial charge in [-0.2, -0.15) is 0 Å². The van der Waals surface area contributed by atoms with Gasteiger partial charge in [0.05, 0.1) is 28.7 Å². The van der Waals surface area contributed by atoms with E-state index in [9.17, 15) is 9.59 Å². The lowest BCUT2D eigenvalue weighted by molar-refractivity contribution is 0.0776. The summed E-state index contributed by atoms with van der Waals surface area (Å²) in [6.07, 6.45) is 3.62. The molecule has 1 N–H and O–H groups in total. The fraction of sp³-hybridized carbons (Fsp3) is 0.316. The van der Waals surface area contributed by atoms with E-state index in [4.69, 9.17) is 11.6 Å². The molecule has 0 aliphatic carbocycles. The zero-order chi connectivity index (χ0) is 19.7. The van der Waals surface area contributed by atoms with Crippen molar-refractivity contribution in [2.75, 3.05) is 25.0 Å². The Morgan fingerprint density at radius 1 is 1.25 bits per heavy atom. The van der Waals surface area contributed by atoms with Crippen LogP contribution in [0.5, 0.6) is 0 Å². The number of benzene rings is 1. The first-order valence-electron chi connectivity index (χ1n) is 9.04. The van der Waals surface area contributed by atoms with Crippen LogP contribution in [0.25, 0.3) is 10.9 Å². The third-order valence-electron chi connectivity index (χ3n) is 4.72. The molecule has 1 aliphatic rings. The lowest BCUT2D eigenvalue weighted by Crippen LogP contribution is -2.30. The van der Waals surface area contributed by atoms with Crippen LogP contribution in [0.2, 0.25) is 5.02 Å². The van der Waals surface area contributed by atoms with Crippen LogP contribution in [0.15, 0.2) is 35.3 Å². The number of rotatable bonds is 4. The topological polar surface area (TPSA) is 95.1 Å². The van der Waals surface area contributed by atoms with E-state index in [0.29, 0.717) is 22.7 Å². The maximum absolute atomic E-state index is 12.9. The van der Waals surface area contributed by atoms with Gasteiger partial charge in [0.15, 0.2) is 5.69 Å². The molecule has 144 valence electrons. The molecule has 3 aromatic rings. The number of H-pyrrole nitrogens is 1. The molecule has 2 aromatic heterocycles. The van der Waals surface area contributed by atoms with Crippen molar-refractivity contribution in [1.82, 2.24) is 24.8 Å². The van der Waals surface area contributed by atoms with Crippen LogP contribution in [-0.2, 0) is 6.54 Å². The Balaban J connectivity index is 1.58. The second kappa shape index (κ2) is 7.55. The molecule has 0 spiro atoms. The summed E-state index contributed by atoms with van der Waals surface area (Å²) < 4.78 is 0. The Hall–Kier alpha value is -3.00. The molecule has 0 radical (unpaired) electrons. The number of carbonyl (C=O) groups is 1. The van der Waals surface area contributed by atoms with E-state index in [1.165, 1.54) is 11.1 Å². The maximum atomic E-state index is 12.9. The molecule has 0 unspecified atom stereocenters. The molecule has 0 saturated carbocycles. The fourth-order valence-electron chi connectivity index (χ4n) is 3.26. The molecule has 0 bridgehead atoms. The highest BCUT2D eigenvalue weighted by molar-refractivity contribution is 6.33. The lowest BCUT2D eigenvalue weighted by Gasteiger charge is -2.19. The number of carbonyl (C=O) groups excluding carboxylic acids is 1. The number of nitrogens with zero attached hydrogens (tertiary/aromatic N) is 5. The van der Waals surface area contributed by atoms with Gasteiger partial charge in [-0.05, 0) is 25.0 Å². The number of hydrogen-bond donors (Lipinski definition) is 1. The Kier molecular flexibility index (Phi) is 4.95. The monoisotopic (exact) mass is 398 g/mol. The van der Waals surface area contributed by atoms with Crippen LogP contribution in [0.3, 0.4) is 0 Å². The molecule has 28 heavy (non-hydrogen) atoms. The lowest BCUT2D eigenvalue weighted by atomic mass is 10.2. The van der Waals surface area contributed by atoms with E-state index in [-0.39, 0.29) is 28.7 Å². The van der Waals surface area contributed by atoms with Crippen molar-refractivity contribution in [2.45, 2.75) is 19.4 Å². The quantitative estimate of drug-likeness (QED) is 0.724. The average Bonchev–Trinajstić information content (AvgIpc) is 3.22. The number of fused-ring (bicyclic) bond motifs is 1. The third-order valence-corrected chi connectivity index (χ3v) is 5.00. The largest absolute Gasteiger partial charge is 0.341 e. The average molecular weight is 399 g/mol. The first kappa shape index (κ1) is 18.4. The van der Waals surface area contributed by atoms with Crippen molar-refractivity contribution >= 4 is 34.4 Å². The Labute approximate surface area is 166 Å². The van der Waals surface area contributed by atoms with Gasteiger partial charge in [-0.25, -0.2) is 15.0 Å². The minimum absolute atomic E-state index is 0.123. The van der Waals surface area contributed by atoms with Crippen LogP contribution in [0, 0.1) is 0 Å². The van der Waals surface area contributed by atoms with Gasteiger partial charge in [-0.3, -0.25) is 9.59 Å². The number of para-hydroxylation sites is 1. The molecule has 1 aromatic carbocycles. The second-order valence-electron chi connectivity index (χ2n) is 6.75. The van der Waals surface area contributed by atoms with E-state index < -0.39 is 0 Å². The van der Waals surface area contributed by atoms with Gasteiger partial charge in [0.1, 0.15) is 5.82 Å². The zero-order valence-corrected chi connectivity index (χ0v) is 16.1. The zero-order valence-electron chi connectivity index (χ0n) is 15.4. The number of anilines is 1. The predicted octanol–water partition coefficient (Wildman–Crippen LogP) is 2.24. The summed E-state index contributed by atoms with van der Waals surface area (Å²) in [6, 6.07) is 7.07. The molecule has 3 heterocycles. The number of aromatic nitrogens is 4. The van der Waals surface area contributed by atoms with Gasteiger partial charge in [0, 0.05) is 20.1 Å². The molecular weight excluding hydrogens is 380 g/mol. The molecule has 8 nitrogen and oxygen atoms in total. The van der Waals surface area contributed by atoms with Gasteiger partial charge in [-0.15, -0.1) is 0 Å². The van der Waals surface area contributed by atoms with Crippen molar-refractivity contribution in [3.05, 3.63) is 57.4 Å². The molecule has 9 heteroatoms. The Morgan fingerprint density at radius 3 is 2.79 bits per heavy atom. The smallest absolute Gasteiger partial charge is 0.274 e. The molecule has 1 saturated heterocycles.